The average Bonchev–Trinajstić information content (AvgIpc) is 2.18. The topological polar surface area (TPSA) is 41.1 Å². The van der Waals surface area contributed by atoms with Gasteiger partial charge in [0.25, 0.3) is 0 Å². The van der Waals surface area contributed by atoms with Gasteiger partial charge >= 0.3 is 6.03 Å². The number of hydrogen-bond acceptors (Lipinski definition) is 1. The third kappa shape index (κ3) is 2.51. The van der Waals surface area contributed by atoms with Crippen LogP contribution in [0.15, 0.2) is 18.2 Å². The van der Waals surface area contributed by atoms with E-state index in [0.29, 0.717) is 11.3 Å². The van der Waals surface area contributed by atoms with E-state index in [4.69, 9.17) is 0 Å². The molecule has 4 heteroatoms. The molecule has 0 bridgehead atoms. The van der Waals surface area contributed by atoms with E-state index < -0.39 is 0 Å². The molecule has 0 heterocycles. The quantitative estimate of drug-likeness (QED) is 0.793. The molecule has 0 saturated heterocycles. The van der Waals surface area contributed by atoms with Crippen molar-refractivity contribution >= 4 is 11.7 Å². The van der Waals surface area contributed by atoms with Gasteiger partial charge in [0, 0.05) is 11.7 Å². The molecule has 0 atom stereocenters. The van der Waals surface area contributed by atoms with Gasteiger partial charge in [0.15, 0.2) is 0 Å². The average molecular weight is 222 g/mol. The molecule has 16 heavy (non-hydrogen) atoms. The van der Waals surface area contributed by atoms with E-state index in [1.165, 1.54) is 12.5 Å². The second-order valence-corrected chi connectivity index (χ2v) is 4.19. The zero-order valence-electron chi connectivity index (χ0n) is 9.22. The Hall–Kier alpha value is -1.58. The normalized spacial score (nSPS) is 15.4. The molecule has 0 aromatic heterocycles. The maximum Gasteiger partial charge on any atom is 0.319 e. The van der Waals surface area contributed by atoms with Crippen LogP contribution in [0.2, 0.25) is 0 Å². The van der Waals surface area contributed by atoms with Crippen LogP contribution in [0.25, 0.3) is 0 Å². The zero-order chi connectivity index (χ0) is 11.5. The maximum atomic E-state index is 13.2. The van der Waals surface area contributed by atoms with Gasteiger partial charge in [0.2, 0.25) is 0 Å². The van der Waals surface area contributed by atoms with Crippen molar-refractivity contribution in [3.63, 3.8) is 0 Å². The fourth-order valence-corrected chi connectivity index (χ4v) is 1.58. The SMILES string of the molecule is Cc1ccc(NC(=O)NC2CCC2)cc1F. The Morgan fingerprint density at radius 3 is 2.75 bits per heavy atom. The predicted molar refractivity (Wildman–Crippen MR) is 60.9 cm³/mol. The standard InChI is InChI=1S/C12H15FN2O/c1-8-5-6-10(7-11(8)13)15-12(16)14-9-3-2-4-9/h5-7,9H,2-4H2,1H3,(H2,14,15,16). The van der Waals surface area contributed by atoms with Crippen molar-refractivity contribution in [2.24, 2.45) is 0 Å². The highest BCUT2D eigenvalue weighted by Gasteiger charge is 2.19. The molecule has 1 aromatic rings. The Kier molecular flexibility index (Phi) is 3.08. The molecule has 1 aromatic carbocycles. The Bertz CT molecular complexity index is 402. The second kappa shape index (κ2) is 4.51. The minimum absolute atomic E-state index is 0.257. The van der Waals surface area contributed by atoms with Crippen molar-refractivity contribution in [3.8, 4) is 0 Å². The van der Waals surface area contributed by atoms with E-state index in [9.17, 15) is 9.18 Å². The molecule has 1 aliphatic carbocycles. The highest BCUT2D eigenvalue weighted by Crippen LogP contribution is 2.18. The summed E-state index contributed by atoms with van der Waals surface area (Å²) in [5.41, 5.74) is 1.06. The summed E-state index contributed by atoms with van der Waals surface area (Å²) in [6.45, 7) is 1.69. The van der Waals surface area contributed by atoms with Crippen molar-refractivity contribution in [1.82, 2.24) is 5.32 Å². The first-order valence-electron chi connectivity index (χ1n) is 5.49. The first-order chi connectivity index (χ1) is 7.65. The largest absolute Gasteiger partial charge is 0.335 e. The van der Waals surface area contributed by atoms with Gasteiger partial charge < -0.3 is 10.6 Å². The van der Waals surface area contributed by atoms with Crippen LogP contribution in [-0.4, -0.2) is 12.1 Å². The van der Waals surface area contributed by atoms with Crippen molar-refractivity contribution in [2.45, 2.75) is 32.2 Å². The number of benzene rings is 1. The van der Waals surface area contributed by atoms with Gasteiger partial charge in [0.1, 0.15) is 5.82 Å². The molecule has 2 amide bonds. The van der Waals surface area contributed by atoms with Crippen LogP contribution in [0.5, 0.6) is 0 Å². The third-order valence-corrected chi connectivity index (χ3v) is 2.87. The van der Waals surface area contributed by atoms with E-state index in [1.54, 1.807) is 19.1 Å². The molecule has 0 unspecified atom stereocenters. The molecule has 3 nitrogen and oxygen atoms in total. The van der Waals surface area contributed by atoms with Crippen LogP contribution in [0.4, 0.5) is 14.9 Å². The predicted octanol–water partition coefficient (Wildman–Crippen LogP) is 2.81. The number of rotatable bonds is 2. The minimum atomic E-state index is -0.304. The molecule has 1 aliphatic rings. The van der Waals surface area contributed by atoms with Crippen LogP contribution in [0, 0.1) is 12.7 Å². The Morgan fingerprint density at radius 2 is 2.19 bits per heavy atom. The lowest BCUT2D eigenvalue weighted by molar-refractivity contribution is 0.240. The first kappa shape index (κ1) is 10.9. The third-order valence-electron chi connectivity index (χ3n) is 2.87. The lowest BCUT2D eigenvalue weighted by Gasteiger charge is -2.26. The number of urea groups is 1. The highest BCUT2D eigenvalue weighted by molar-refractivity contribution is 5.89. The van der Waals surface area contributed by atoms with Gasteiger partial charge in [-0.25, -0.2) is 9.18 Å². The number of hydrogen-bond donors (Lipinski definition) is 2. The molecular weight excluding hydrogens is 207 g/mol. The second-order valence-electron chi connectivity index (χ2n) is 4.19. The van der Waals surface area contributed by atoms with Crippen LogP contribution < -0.4 is 10.6 Å². The Balaban J connectivity index is 1.92. The lowest BCUT2D eigenvalue weighted by Crippen LogP contribution is -2.41. The molecule has 1 saturated carbocycles. The van der Waals surface area contributed by atoms with Crippen LogP contribution in [-0.2, 0) is 0 Å². The summed E-state index contributed by atoms with van der Waals surface area (Å²) in [6, 6.07) is 4.70. The number of anilines is 1. The maximum absolute atomic E-state index is 13.2. The molecule has 0 radical (unpaired) electrons. The number of carbonyl (C=O) groups excluding carboxylic acids is 1. The van der Waals surface area contributed by atoms with Crippen molar-refractivity contribution in [3.05, 3.63) is 29.6 Å². The fourth-order valence-electron chi connectivity index (χ4n) is 1.58. The Morgan fingerprint density at radius 1 is 1.44 bits per heavy atom. The molecule has 86 valence electrons. The smallest absolute Gasteiger partial charge is 0.319 e. The number of amides is 2. The minimum Gasteiger partial charge on any atom is -0.335 e. The van der Waals surface area contributed by atoms with Crippen molar-refractivity contribution in [1.29, 1.82) is 0 Å². The van der Waals surface area contributed by atoms with Crippen molar-refractivity contribution < 1.29 is 9.18 Å². The monoisotopic (exact) mass is 222 g/mol. The van der Waals surface area contributed by atoms with Gasteiger partial charge in [-0.1, -0.05) is 6.07 Å². The first-order valence-corrected chi connectivity index (χ1v) is 5.49. The number of nitrogens with one attached hydrogen (secondary N) is 2. The molecule has 0 aliphatic heterocycles. The lowest BCUT2D eigenvalue weighted by atomic mass is 9.93. The molecule has 2 N–H and O–H groups in total. The molecule has 0 spiro atoms. The summed E-state index contributed by atoms with van der Waals surface area (Å²) in [6.07, 6.45) is 3.25. The van der Waals surface area contributed by atoms with Gasteiger partial charge in [-0.15, -0.1) is 0 Å². The summed E-state index contributed by atoms with van der Waals surface area (Å²) < 4.78 is 13.2. The van der Waals surface area contributed by atoms with Crippen LogP contribution >= 0.6 is 0 Å². The van der Waals surface area contributed by atoms with Crippen molar-refractivity contribution in [2.75, 3.05) is 5.32 Å². The van der Waals surface area contributed by atoms with Gasteiger partial charge in [0.05, 0.1) is 0 Å². The highest BCUT2D eigenvalue weighted by atomic mass is 19.1. The van der Waals surface area contributed by atoms with Gasteiger partial charge in [-0.05, 0) is 43.9 Å². The summed E-state index contributed by atoms with van der Waals surface area (Å²) >= 11 is 0. The van der Waals surface area contributed by atoms with Gasteiger partial charge in [-0.2, -0.15) is 0 Å². The molecule has 1 fully saturated rings. The summed E-state index contributed by atoms with van der Waals surface area (Å²) in [7, 11) is 0. The van der Waals surface area contributed by atoms with E-state index in [0.717, 1.165) is 12.8 Å². The van der Waals surface area contributed by atoms with Crippen LogP contribution in [0.3, 0.4) is 0 Å². The summed E-state index contributed by atoms with van der Waals surface area (Å²) in [5, 5.41) is 5.45. The van der Waals surface area contributed by atoms with E-state index >= 15 is 0 Å². The molecule has 2 rings (SSSR count). The molecular formula is C12H15FN2O. The summed E-state index contributed by atoms with van der Waals surface area (Å²) in [5.74, 6) is -0.304. The van der Waals surface area contributed by atoms with E-state index in [2.05, 4.69) is 10.6 Å². The Labute approximate surface area is 94.0 Å². The van der Waals surface area contributed by atoms with E-state index in [1.807, 2.05) is 0 Å². The number of carbonyl (C=O) groups is 1. The summed E-state index contributed by atoms with van der Waals surface area (Å²) in [4.78, 5) is 11.5. The zero-order valence-corrected chi connectivity index (χ0v) is 9.22. The number of aryl methyl sites for hydroxylation is 1. The number of halogens is 1. The van der Waals surface area contributed by atoms with Gasteiger partial charge in [-0.3, -0.25) is 0 Å². The van der Waals surface area contributed by atoms with Crippen LogP contribution in [0.1, 0.15) is 24.8 Å². The van der Waals surface area contributed by atoms with E-state index in [-0.39, 0.29) is 17.9 Å². The fraction of sp³-hybridized carbons (Fsp3) is 0.417.